The van der Waals surface area contributed by atoms with Gasteiger partial charge in [-0.2, -0.15) is 0 Å². The van der Waals surface area contributed by atoms with Crippen LogP contribution in [0.2, 0.25) is 0 Å². The summed E-state index contributed by atoms with van der Waals surface area (Å²) in [4.78, 5) is 0. The maximum Gasteiger partial charge on any atom is 0.254 e. The van der Waals surface area contributed by atoms with Gasteiger partial charge in [0.15, 0.2) is 0 Å². The summed E-state index contributed by atoms with van der Waals surface area (Å²) in [6, 6.07) is 15.0. The Balaban J connectivity index is 1.65. The minimum absolute atomic E-state index is 0.0525. The zero-order valence-corrected chi connectivity index (χ0v) is 12.9. The van der Waals surface area contributed by atoms with Crippen LogP contribution in [0.25, 0.3) is 10.8 Å². The standard InChI is InChI=1S/C18H20N4O/c23-18-17(22(21-20-18)16-7-9-19-10-8-16)12-13-5-6-14-3-1-2-4-15(14)11-13/h1-6,11,16,19,23H,7-10,12H2. The highest BCUT2D eigenvalue weighted by Gasteiger charge is 2.22. The number of hydrogen-bond acceptors (Lipinski definition) is 4. The molecule has 5 nitrogen and oxygen atoms in total. The van der Waals surface area contributed by atoms with E-state index in [0.717, 1.165) is 37.2 Å². The van der Waals surface area contributed by atoms with Crippen molar-refractivity contribution >= 4 is 10.8 Å². The molecule has 1 aliphatic heterocycles. The van der Waals surface area contributed by atoms with E-state index in [1.54, 1.807) is 0 Å². The van der Waals surface area contributed by atoms with Crippen molar-refractivity contribution in [2.45, 2.75) is 25.3 Å². The Morgan fingerprint density at radius 1 is 1.09 bits per heavy atom. The first-order valence-electron chi connectivity index (χ1n) is 8.13. The summed E-state index contributed by atoms with van der Waals surface area (Å²) in [7, 11) is 0. The lowest BCUT2D eigenvalue weighted by atomic mass is 10.0. The Labute approximate surface area is 134 Å². The molecule has 23 heavy (non-hydrogen) atoms. The second-order valence-corrected chi connectivity index (χ2v) is 6.14. The van der Waals surface area contributed by atoms with E-state index in [-0.39, 0.29) is 5.88 Å². The number of aromatic hydroxyl groups is 1. The molecular formula is C18H20N4O. The smallest absolute Gasteiger partial charge is 0.254 e. The lowest BCUT2D eigenvalue weighted by Gasteiger charge is -2.24. The fraction of sp³-hybridized carbons (Fsp3) is 0.333. The first kappa shape index (κ1) is 14.2. The molecule has 2 N–H and O–H groups in total. The molecule has 0 amide bonds. The third-order valence-electron chi connectivity index (χ3n) is 4.61. The highest BCUT2D eigenvalue weighted by Crippen LogP contribution is 2.26. The van der Waals surface area contributed by atoms with E-state index in [2.05, 4.69) is 46.0 Å². The van der Waals surface area contributed by atoms with E-state index in [0.29, 0.717) is 12.5 Å². The summed E-state index contributed by atoms with van der Waals surface area (Å²) in [6.45, 7) is 1.97. The predicted octanol–water partition coefficient (Wildman–Crippen LogP) is 2.65. The second-order valence-electron chi connectivity index (χ2n) is 6.14. The molecule has 0 spiro atoms. The van der Waals surface area contributed by atoms with Crippen LogP contribution in [0.4, 0.5) is 0 Å². The number of aromatic nitrogens is 3. The monoisotopic (exact) mass is 308 g/mol. The van der Waals surface area contributed by atoms with Gasteiger partial charge >= 0.3 is 0 Å². The molecule has 0 saturated carbocycles. The Bertz CT molecular complexity index is 821. The molecule has 0 atom stereocenters. The largest absolute Gasteiger partial charge is 0.491 e. The van der Waals surface area contributed by atoms with Gasteiger partial charge in [0.1, 0.15) is 5.69 Å². The van der Waals surface area contributed by atoms with E-state index in [1.165, 1.54) is 10.8 Å². The summed E-state index contributed by atoms with van der Waals surface area (Å²) in [5.74, 6) is 0.0525. The van der Waals surface area contributed by atoms with Crippen LogP contribution in [0.1, 0.15) is 30.1 Å². The number of piperidine rings is 1. The minimum atomic E-state index is 0.0525. The molecule has 0 bridgehead atoms. The first-order chi connectivity index (χ1) is 11.3. The molecule has 1 saturated heterocycles. The highest BCUT2D eigenvalue weighted by molar-refractivity contribution is 5.83. The van der Waals surface area contributed by atoms with Crippen molar-refractivity contribution in [1.82, 2.24) is 20.3 Å². The molecule has 2 heterocycles. The maximum atomic E-state index is 10.1. The first-order valence-corrected chi connectivity index (χ1v) is 8.13. The normalized spacial score (nSPS) is 16.0. The second kappa shape index (κ2) is 6.01. The predicted molar refractivity (Wildman–Crippen MR) is 89.6 cm³/mol. The molecule has 0 radical (unpaired) electrons. The quantitative estimate of drug-likeness (QED) is 0.781. The Kier molecular flexibility index (Phi) is 3.71. The number of hydrogen-bond donors (Lipinski definition) is 2. The average Bonchev–Trinajstić information content (AvgIpc) is 2.96. The topological polar surface area (TPSA) is 63.0 Å². The van der Waals surface area contributed by atoms with Gasteiger partial charge in [-0.15, -0.1) is 0 Å². The molecule has 0 unspecified atom stereocenters. The number of rotatable bonds is 3. The molecule has 4 rings (SSSR count). The average molecular weight is 308 g/mol. The molecular weight excluding hydrogens is 288 g/mol. The van der Waals surface area contributed by atoms with Crippen molar-refractivity contribution < 1.29 is 5.11 Å². The van der Waals surface area contributed by atoms with E-state index in [1.807, 2.05) is 16.8 Å². The van der Waals surface area contributed by atoms with Crippen LogP contribution in [0.5, 0.6) is 5.88 Å². The van der Waals surface area contributed by atoms with Crippen molar-refractivity contribution in [3.05, 3.63) is 53.7 Å². The van der Waals surface area contributed by atoms with Gasteiger partial charge < -0.3 is 10.4 Å². The summed E-state index contributed by atoms with van der Waals surface area (Å²) in [5, 5.41) is 24.0. The van der Waals surface area contributed by atoms with Crippen molar-refractivity contribution in [1.29, 1.82) is 0 Å². The lowest BCUT2D eigenvalue weighted by Crippen LogP contribution is -2.30. The van der Waals surface area contributed by atoms with Gasteiger partial charge in [0.25, 0.3) is 5.88 Å². The van der Waals surface area contributed by atoms with Crippen LogP contribution in [-0.2, 0) is 6.42 Å². The lowest BCUT2D eigenvalue weighted by molar-refractivity contribution is 0.330. The van der Waals surface area contributed by atoms with Crippen LogP contribution < -0.4 is 5.32 Å². The Morgan fingerprint density at radius 2 is 1.87 bits per heavy atom. The third-order valence-corrected chi connectivity index (χ3v) is 4.61. The van der Waals surface area contributed by atoms with Crippen molar-refractivity contribution in [3.8, 4) is 5.88 Å². The van der Waals surface area contributed by atoms with E-state index >= 15 is 0 Å². The Morgan fingerprint density at radius 3 is 2.70 bits per heavy atom. The summed E-state index contributed by atoms with van der Waals surface area (Å²) in [5.41, 5.74) is 1.98. The third kappa shape index (κ3) is 2.80. The van der Waals surface area contributed by atoms with Crippen LogP contribution in [0, 0.1) is 0 Å². The summed E-state index contributed by atoms with van der Waals surface area (Å²) >= 11 is 0. The van der Waals surface area contributed by atoms with Crippen molar-refractivity contribution in [2.24, 2.45) is 0 Å². The molecule has 1 fully saturated rings. The van der Waals surface area contributed by atoms with Gasteiger partial charge in [-0.1, -0.05) is 52.8 Å². The van der Waals surface area contributed by atoms with Crippen LogP contribution in [-0.4, -0.2) is 33.2 Å². The van der Waals surface area contributed by atoms with Gasteiger partial charge in [-0.05, 0) is 42.3 Å². The zero-order chi connectivity index (χ0) is 15.6. The Hall–Kier alpha value is -2.40. The molecule has 1 aliphatic rings. The minimum Gasteiger partial charge on any atom is -0.491 e. The van der Waals surface area contributed by atoms with Gasteiger partial charge in [-0.3, -0.25) is 0 Å². The summed E-state index contributed by atoms with van der Waals surface area (Å²) in [6.07, 6.45) is 2.69. The van der Waals surface area contributed by atoms with Gasteiger partial charge in [-0.25, -0.2) is 4.68 Å². The molecule has 0 aliphatic carbocycles. The highest BCUT2D eigenvalue weighted by atomic mass is 16.3. The van der Waals surface area contributed by atoms with E-state index in [9.17, 15) is 5.11 Å². The van der Waals surface area contributed by atoms with Crippen LogP contribution >= 0.6 is 0 Å². The zero-order valence-electron chi connectivity index (χ0n) is 12.9. The van der Waals surface area contributed by atoms with Gasteiger partial charge in [0.05, 0.1) is 6.04 Å². The van der Waals surface area contributed by atoms with Crippen LogP contribution in [0.15, 0.2) is 42.5 Å². The van der Waals surface area contributed by atoms with Crippen LogP contribution in [0.3, 0.4) is 0 Å². The SMILES string of the molecule is Oc1nnn(C2CCNCC2)c1Cc1ccc2ccccc2c1. The molecule has 2 aromatic carbocycles. The number of fused-ring (bicyclic) bond motifs is 1. The van der Waals surface area contributed by atoms with Crippen molar-refractivity contribution in [3.63, 3.8) is 0 Å². The van der Waals surface area contributed by atoms with E-state index in [4.69, 9.17) is 0 Å². The molecule has 3 aromatic rings. The summed E-state index contributed by atoms with van der Waals surface area (Å²) < 4.78 is 1.92. The molecule has 118 valence electrons. The fourth-order valence-corrected chi connectivity index (χ4v) is 3.35. The maximum absolute atomic E-state index is 10.1. The van der Waals surface area contributed by atoms with E-state index < -0.39 is 0 Å². The number of nitrogens with one attached hydrogen (secondary N) is 1. The molecule has 5 heteroatoms. The van der Waals surface area contributed by atoms with Gasteiger partial charge in [0.2, 0.25) is 0 Å². The number of nitrogens with zero attached hydrogens (tertiary/aromatic N) is 3. The van der Waals surface area contributed by atoms with Gasteiger partial charge in [0, 0.05) is 6.42 Å². The number of benzene rings is 2. The molecule has 1 aromatic heterocycles. The fourth-order valence-electron chi connectivity index (χ4n) is 3.35. The van der Waals surface area contributed by atoms with Crippen molar-refractivity contribution in [2.75, 3.05) is 13.1 Å².